The average molecular weight is 498 g/mol. The maximum Gasteiger partial charge on any atom is 0.244 e. The number of aromatic nitrogens is 3. The van der Waals surface area contributed by atoms with Crippen LogP contribution in [0.3, 0.4) is 0 Å². The summed E-state index contributed by atoms with van der Waals surface area (Å²) in [6.45, 7) is 1.55. The van der Waals surface area contributed by atoms with E-state index in [1.165, 1.54) is 6.33 Å². The minimum atomic E-state index is -0.318. The molecule has 0 radical (unpaired) electrons. The number of aryl methyl sites for hydroxylation is 1. The molecule has 0 aliphatic carbocycles. The van der Waals surface area contributed by atoms with Crippen molar-refractivity contribution in [2.75, 3.05) is 25.0 Å². The molecule has 4 rings (SSSR count). The van der Waals surface area contributed by atoms with Gasteiger partial charge in [0.15, 0.2) is 17.2 Å². The fourth-order valence-electron chi connectivity index (χ4n) is 3.78. The molecule has 0 unspecified atom stereocenters. The second kappa shape index (κ2) is 12.2. The second-order valence-corrected chi connectivity index (χ2v) is 8.66. The van der Waals surface area contributed by atoms with Crippen LogP contribution in [0.4, 0.5) is 5.69 Å². The van der Waals surface area contributed by atoms with Crippen molar-refractivity contribution < 1.29 is 19.1 Å². The van der Waals surface area contributed by atoms with Gasteiger partial charge >= 0.3 is 0 Å². The largest absolute Gasteiger partial charge is 0.490 e. The van der Waals surface area contributed by atoms with Crippen LogP contribution in [0, 0.1) is 0 Å². The van der Waals surface area contributed by atoms with Crippen molar-refractivity contribution in [2.45, 2.75) is 38.6 Å². The number of anilines is 1. The van der Waals surface area contributed by atoms with Gasteiger partial charge in [-0.15, -0.1) is 0 Å². The molecule has 2 amide bonds. The summed E-state index contributed by atoms with van der Waals surface area (Å²) in [6.07, 6.45) is 6.46. The van der Waals surface area contributed by atoms with Crippen LogP contribution in [0.15, 0.2) is 55.1 Å². The van der Waals surface area contributed by atoms with Crippen LogP contribution in [0.25, 0.3) is 0 Å². The van der Waals surface area contributed by atoms with Crippen LogP contribution in [-0.2, 0) is 16.1 Å². The highest BCUT2D eigenvalue weighted by Crippen LogP contribution is 2.36. The third-order valence-electron chi connectivity index (χ3n) is 5.55. The number of carbonyl (C=O) groups excluding carboxylic acids is 2. The number of nitrogens with one attached hydrogen (secondary N) is 1. The van der Waals surface area contributed by atoms with E-state index >= 15 is 0 Å². The van der Waals surface area contributed by atoms with Gasteiger partial charge in [0.1, 0.15) is 12.7 Å². The lowest BCUT2D eigenvalue weighted by Crippen LogP contribution is -2.38. The number of fused-ring (bicyclic) bond motifs is 2. The van der Waals surface area contributed by atoms with Crippen LogP contribution in [0.2, 0.25) is 5.02 Å². The third-order valence-corrected chi connectivity index (χ3v) is 5.78. The molecule has 0 spiro atoms. The highest BCUT2D eigenvalue weighted by Gasteiger charge is 2.19. The first-order valence-corrected chi connectivity index (χ1v) is 12.1. The van der Waals surface area contributed by atoms with Gasteiger partial charge in [-0.3, -0.25) is 14.3 Å². The summed E-state index contributed by atoms with van der Waals surface area (Å²) in [5, 5.41) is 7.37. The molecule has 35 heavy (non-hydrogen) atoms. The molecule has 1 N–H and O–H groups in total. The summed E-state index contributed by atoms with van der Waals surface area (Å²) in [4.78, 5) is 31.4. The van der Waals surface area contributed by atoms with E-state index in [0.717, 1.165) is 19.3 Å². The molecule has 1 aliphatic rings. The fraction of sp³-hybridized carbons (Fsp3) is 0.360. The molecular formula is C25H28ClN5O4. The Balaban J connectivity index is 1.49. The first-order valence-electron chi connectivity index (χ1n) is 11.7. The molecule has 10 heteroatoms. The predicted molar refractivity (Wildman–Crippen MR) is 132 cm³/mol. The van der Waals surface area contributed by atoms with Crippen LogP contribution >= 0.6 is 11.6 Å². The lowest BCUT2D eigenvalue weighted by molar-refractivity contribution is -0.134. The van der Waals surface area contributed by atoms with Gasteiger partial charge in [0.05, 0.1) is 18.8 Å². The lowest BCUT2D eigenvalue weighted by atomic mass is 10.2. The van der Waals surface area contributed by atoms with Crippen molar-refractivity contribution in [3.8, 4) is 17.2 Å². The summed E-state index contributed by atoms with van der Waals surface area (Å²) >= 11 is 6.19. The fourth-order valence-corrected chi connectivity index (χ4v) is 3.95. The summed E-state index contributed by atoms with van der Waals surface area (Å²) in [5.41, 5.74) is 0.422. The van der Waals surface area contributed by atoms with Gasteiger partial charge in [0.2, 0.25) is 11.8 Å². The van der Waals surface area contributed by atoms with E-state index in [-0.39, 0.29) is 18.4 Å². The van der Waals surface area contributed by atoms with Gasteiger partial charge in [-0.25, -0.2) is 4.98 Å². The maximum absolute atomic E-state index is 13.0. The van der Waals surface area contributed by atoms with Gasteiger partial charge < -0.3 is 19.7 Å². The normalized spacial score (nSPS) is 14.9. The van der Waals surface area contributed by atoms with Crippen molar-refractivity contribution in [2.24, 2.45) is 0 Å². The Morgan fingerprint density at radius 3 is 2.77 bits per heavy atom. The minimum absolute atomic E-state index is 0.0544. The maximum atomic E-state index is 13.0. The number of para-hydroxylation sites is 2. The number of carbonyl (C=O) groups is 2. The number of nitrogens with zero attached hydrogens (tertiary/aromatic N) is 4. The molecule has 2 aromatic carbocycles. The molecule has 0 atom stereocenters. The van der Waals surface area contributed by atoms with E-state index < -0.39 is 0 Å². The van der Waals surface area contributed by atoms with E-state index in [1.54, 1.807) is 34.1 Å². The Kier molecular flexibility index (Phi) is 8.56. The molecule has 0 saturated heterocycles. The highest BCUT2D eigenvalue weighted by molar-refractivity contribution is 6.31. The quantitative estimate of drug-likeness (QED) is 0.568. The third kappa shape index (κ3) is 7.19. The van der Waals surface area contributed by atoms with E-state index in [9.17, 15) is 9.59 Å². The molecule has 0 bridgehead atoms. The highest BCUT2D eigenvalue weighted by atomic mass is 35.5. The van der Waals surface area contributed by atoms with Gasteiger partial charge in [-0.2, -0.15) is 5.10 Å². The van der Waals surface area contributed by atoms with Gasteiger partial charge in [-0.1, -0.05) is 23.7 Å². The smallest absolute Gasteiger partial charge is 0.244 e. The number of ether oxygens (including phenoxy) is 2. The van der Waals surface area contributed by atoms with Gasteiger partial charge in [0.25, 0.3) is 0 Å². The number of hydrogen-bond acceptors (Lipinski definition) is 6. The minimum Gasteiger partial charge on any atom is -0.490 e. The molecular weight excluding hydrogens is 470 g/mol. The Morgan fingerprint density at radius 2 is 1.94 bits per heavy atom. The van der Waals surface area contributed by atoms with Crippen molar-refractivity contribution in [3.63, 3.8) is 0 Å². The number of hydrogen-bond donors (Lipinski definition) is 1. The molecule has 1 aliphatic heterocycles. The Labute approximate surface area is 209 Å². The summed E-state index contributed by atoms with van der Waals surface area (Å²) in [5.74, 6) is 1.21. The first kappa shape index (κ1) is 24.5. The van der Waals surface area contributed by atoms with Crippen molar-refractivity contribution in [1.82, 2.24) is 19.7 Å². The number of amides is 2. The number of benzene rings is 2. The Bertz CT molecular complexity index is 1140. The molecule has 1 aromatic heterocycles. The topological polar surface area (TPSA) is 98.6 Å². The van der Waals surface area contributed by atoms with Crippen molar-refractivity contribution in [1.29, 1.82) is 0 Å². The van der Waals surface area contributed by atoms with Gasteiger partial charge in [-0.05, 0) is 56.0 Å². The van der Waals surface area contributed by atoms with Crippen LogP contribution in [-0.4, -0.2) is 51.2 Å². The van der Waals surface area contributed by atoms with E-state index in [1.807, 2.05) is 24.3 Å². The van der Waals surface area contributed by atoms with E-state index in [0.29, 0.717) is 60.5 Å². The van der Waals surface area contributed by atoms with E-state index in [4.69, 9.17) is 21.1 Å². The van der Waals surface area contributed by atoms with Gasteiger partial charge in [0, 0.05) is 24.5 Å². The molecule has 9 nitrogen and oxygen atoms in total. The molecule has 3 aromatic rings. The SMILES string of the molecule is O=C1CN(C(=O)CCCn2cncn2)CCCCCOc2ccccc2Oc2ccc(Cl)cc2N1. The van der Waals surface area contributed by atoms with Crippen LogP contribution < -0.4 is 14.8 Å². The number of rotatable bonds is 4. The zero-order chi connectivity index (χ0) is 24.5. The molecule has 184 valence electrons. The zero-order valence-corrected chi connectivity index (χ0v) is 20.1. The predicted octanol–water partition coefficient (Wildman–Crippen LogP) is 4.53. The van der Waals surface area contributed by atoms with Crippen LogP contribution in [0.1, 0.15) is 32.1 Å². The van der Waals surface area contributed by atoms with Crippen molar-refractivity contribution >= 4 is 29.1 Å². The summed E-state index contributed by atoms with van der Waals surface area (Å²) in [7, 11) is 0. The number of halogens is 1. The molecule has 2 heterocycles. The first-order chi connectivity index (χ1) is 17.1. The summed E-state index contributed by atoms with van der Waals surface area (Å²) in [6, 6.07) is 12.4. The van der Waals surface area contributed by atoms with E-state index in [2.05, 4.69) is 15.4 Å². The average Bonchev–Trinajstić information content (AvgIpc) is 3.36. The zero-order valence-electron chi connectivity index (χ0n) is 19.4. The standard InChI is InChI=1S/C25H28ClN5O4/c26-19-10-11-21-20(15-19)29-24(32)16-30(25(33)9-6-13-31-18-27-17-28-31)12-4-1-5-14-34-22-7-2-3-8-23(22)35-21/h2-3,7-8,10-11,15,17-18H,1,4-6,9,12-14,16H2,(H,29,32). The Hall–Kier alpha value is -3.59. The second-order valence-electron chi connectivity index (χ2n) is 8.22. The summed E-state index contributed by atoms with van der Waals surface area (Å²) < 4.78 is 13.7. The van der Waals surface area contributed by atoms with Crippen LogP contribution in [0.5, 0.6) is 17.2 Å². The molecule has 0 fully saturated rings. The lowest BCUT2D eigenvalue weighted by Gasteiger charge is -2.22. The Morgan fingerprint density at radius 1 is 1.09 bits per heavy atom. The monoisotopic (exact) mass is 497 g/mol. The van der Waals surface area contributed by atoms with Crippen molar-refractivity contribution in [3.05, 3.63) is 60.1 Å². The molecule has 0 saturated carbocycles.